The lowest BCUT2D eigenvalue weighted by atomic mass is 10.1. The molecule has 0 spiro atoms. The highest BCUT2D eigenvalue weighted by Crippen LogP contribution is 2.21. The number of thiophene rings is 1. The van der Waals surface area contributed by atoms with Crippen molar-refractivity contribution >= 4 is 44.1 Å². The Morgan fingerprint density at radius 2 is 2.09 bits per heavy atom. The fourth-order valence-electron chi connectivity index (χ4n) is 2.44. The first kappa shape index (κ1) is 13.4. The van der Waals surface area contributed by atoms with Crippen molar-refractivity contribution in [3.05, 3.63) is 69.2 Å². The van der Waals surface area contributed by atoms with Gasteiger partial charge in [-0.05, 0) is 23.6 Å². The summed E-state index contributed by atoms with van der Waals surface area (Å²) in [5, 5.41) is 3.92. The standard InChI is InChI=1S/C16H10ClN3OS/c17-14-11(7-10-3-1-2-4-13(10)19-14)8-20-9-18-15-12(16(20)21)5-6-22-15/h1-7,9H,8H2. The van der Waals surface area contributed by atoms with Crippen molar-refractivity contribution in [1.29, 1.82) is 0 Å². The summed E-state index contributed by atoms with van der Waals surface area (Å²) in [5.74, 6) is 0. The minimum atomic E-state index is -0.0597. The van der Waals surface area contributed by atoms with Gasteiger partial charge in [0.2, 0.25) is 0 Å². The summed E-state index contributed by atoms with van der Waals surface area (Å²) >= 11 is 7.72. The molecule has 108 valence electrons. The van der Waals surface area contributed by atoms with Gasteiger partial charge in [0.15, 0.2) is 0 Å². The summed E-state index contributed by atoms with van der Waals surface area (Å²) in [4.78, 5) is 21.9. The van der Waals surface area contributed by atoms with Gasteiger partial charge < -0.3 is 0 Å². The molecule has 4 nitrogen and oxygen atoms in total. The highest BCUT2D eigenvalue weighted by atomic mass is 35.5. The number of aromatic nitrogens is 3. The number of para-hydroxylation sites is 1. The number of pyridine rings is 1. The molecule has 1 aromatic carbocycles. The largest absolute Gasteiger partial charge is 0.294 e. The van der Waals surface area contributed by atoms with Crippen molar-refractivity contribution in [2.24, 2.45) is 0 Å². The predicted molar refractivity (Wildman–Crippen MR) is 89.7 cm³/mol. The Hall–Kier alpha value is -2.24. The molecule has 3 heterocycles. The van der Waals surface area contributed by atoms with E-state index >= 15 is 0 Å². The maximum Gasteiger partial charge on any atom is 0.262 e. The van der Waals surface area contributed by atoms with Crippen LogP contribution in [0.5, 0.6) is 0 Å². The second-order valence-electron chi connectivity index (χ2n) is 4.95. The zero-order valence-corrected chi connectivity index (χ0v) is 12.9. The monoisotopic (exact) mass is 327 g/mol. The summed E-state index contributed by atoms with van der Waals surface area (Å²) in [7, 11) is 0. The molecule has 0 N–H and O–H groups in total. The maximum atomic E-state index is 12.4. The third-order valence-electron chi connectivity index (χ3n) is 3.54. The van der Waals surface area contributed by atoms with Gasteiger partial charge in [0.1, 0.15) is 9.98 Å². The summed E-state index contributed by atoms with van der Waals surface area (Å²) < 4.78 is 1.56. The molecule has 0 fully saturated rings. The minimum absolute atomic E-state index is 0.0597. The smallest absolute Gasteiger partial charge is 0.262 e. The van der Waals surface area contributed by atoms with Crippen LogP contribution in [-0.2, 0) is 6.54 Å². The lowest BCUT2D eigenvalue weighted by Crippen LogP contribution is -2.20. The van der Waals surface area contributed by atoms with Gasteiger partial charge >= 0.3 is 0 Å². The van der Waals surface area contributed by atoms with Gasteiger partial charge in [-0.25, -0.2) is 9.97 Å². The molecular formula is C16H10ClN3OS. The molecule has 0 amide bonds. The average Bonchev–Trinajstić information content (AvgIpc) is 3.00. The van der Waals surface area contributed by atoms with Crippen LogP contribution in [0.3, 0.4) is 0 Å². The van der Waals surface area contributed by atoms with Crippen LogP contribution in [0.25, 0.3) is 21.1 Å². The fourth-order valence-corrected chi connectivity index (χ4v) is 3.37. The SMILES string of the molecule is O=c1c2ccsc2ncn1Cc1cc2ccccc2nc1Cl. The lowest BCUT2D eigenvalue weighted by molar-refractivity contribution is 0.748. The van der Waals surface area contributed by atoms with Crippen LogP contribution < -0.4 is 5.56 Å². The first-order chi connectivity index (χ1) is 10.7. The highest BCUT2D eigenvalue weighted by Gasteiger charge is 2.09. The van der Waals surface area contributed by atoms with E-state index in [0.29, 0.717) is 17.1 Å². The van der Waals surface area contributed by atoms with Crippen LogP contribution in [0.15, 0.2) is 52.9 Å². The van der Waals surface area contributed by atoms with Crippen LogP contribution in [0.1, 0.15) is 5.56 Å². The van der Waals surface area contributed by atoms with Crippen molar-refractivity contribution in [2.75, 3.05) is 0 Å². The van der Waals surface area contributed by atoms with Gasteiger partial charge in [-0.3, -0.25) is 9.36 Å². The number of rotatable bonds is 2. The van der Waals surface area contributed by atoms with Crippen LogP contribution in [0.2, 0.25) is 5.15 Å². The number of nitrogens with zero attached hydrogens (tertiary/aromatic N) is 3. The number of fused-ring (bicyclic) bond motifs is 2. The Labute approximate surface area is 134 Å². The molecule has 0 bridgehead atoms. The van der Waals surface area contributed by atoms with E-state index in [1.165, 1.54) is 11.3 Å². The predicted octanol–water partition coefficient (Wildman–Crippen LogP) is 3.71. The molecule has 0 aliphatic carbocycles. The van der Waals surface area contributed by atoms with Crippen LogP contribution >= 0.6 is 22.9 Å². The Bertz CT molecular complexity index is 1050. The van der Waals surface area contributed by atoms with Gasteiger partial charge in [-0.1, -0.05) is 29.8 Å². The Morgan fingerprint density at radius 3 is 3.00 bits per heavy atom. The summed E-state index contributed by atoms with van der Waals surface area (Å²) in [6, 6.07) is 11.5. The quantitative estimate of drug-likeness (QED) is 0.527. The Morgan fingerprint density at radius 1 is 1.23 bits per heavy atom. The molecular weight excluding hydrogens is 318 g/mol. The van der Waals surface area contributed by atoms with E-state index in [0.717, 1.165) is 21.3 Å². The molecule has 0 unspecified atom stereocenters. The third-order valence-corrected chi connectivity index (χ3v) is 4.69. The first-order valence-corrected chi connectivity index (χ1v) is 7.95. The van der Waals surface area contributed by atoms with E-state index in [4.69, 9.17) is 11.6 Å². The molecule has 6 heteroatoms. The molecule has 4 rings (SSSR count). The third kappa shape index (κ3) is 2.19. The average molecular weight is 328 g/mol. The van der Waals surface area contributed by atoms with E-state index in [2.05, 4.69) is 9.97 Å². The summed E-state index contributed by atoms with van der Waals surface area (Å²) in [6.45, 7) is 0.355. The summed E-state index contributed by atoms with van der Waals surface area (Å²) in [6.07, 6.45) is 1.56. The van der Waals surface area contributed by atoms with Crippen molar-refractivity contribution < 1.29 is 0 Å². The second kappa shape index (κ2) is 5.19. The van der Waals surface area contributed by atoms with Gasteiger partial charge in [0.25, 0.3) is 5.56 Å². The van der Waals surface area contributed by atoms with Crippen molar-refractivity contribution in [2.45, 2.75) is 6.54 Å². The highest BCUT2D eigenvalue weighted by molar-refractivity contribution is 7.16. The molecule has 3 aromatic heterocycles. The Kier molecular flexibility index (Phi) is 3.17. The number of benzene rings is 1. The normalized spacial score (nSPS) is 11.3. The topological polar surface area (TPSA) is 47.8 Å². The van der Waals surface area contributed by atoms with E-state index in [1.807, 2.05) is 35.7 Å². The minimum Gasteiger partial charge on any atom is -0.294 e. The second-order valence-corrected chi connectivity index (χ2v) is 6.20. The van der Waals surface area contributed by atoms with Gasteiger partial charge in [-0.2, -0.15) is 0 Å². The molecule has 0 saturated heterocycles. The van der Waals surface area contributed by atoms with Crippen LogP contribution in [-0.4, -0.2) is 14.5 Å². The molecule has 0 saturated carbocycles. The molecule has 0 aliphatic heterocycles. The van der Waals surface area contributed by atoms with Crippen molar-refractivity contribution in [3.63, 3.8) is 0 Å². The number of halogens is 1. The van der Waals surface area contributed by atoms with E-state index < -0.39 is 0 Å². The lowest BCUT2D eigenvalue weighted by Gasteiger charge is -2.08. The fraction of sp³-hybridized carbons (Fsp3) is 0.0625. The Balaban J connectivity index is 1.83. The van der Waals surface area contributed by atoms with E-state index in [1.54, 1.807) is 17.0 Å². The zero-order valence-electron chi connectivity index (χ0n) is 11.4. The summed E-state index contributed by atoms with van der Waals surface area (Å²) in [5.41, 5.74) is 1.59. The first-order valence-electron chi connectivity index (χ1n) is 6.69. The van der Waals surface area contributed by atoms with E-state index in [-0.39, 0.29) is 5.56 Å². The van der Waals surface area contributed by atoms with Crippen molar-refractivity contribution in [1.82, 2.24) is 14.5 Å². The number of hydrogen-bond donors (Lipinski definition) is 0. The molecule has 0 aliphatic rings. The van der Waals surface area contributed by atoms with Crippen LogP contribution in [0, 0.1) is 0 Å². The molecule has 0 radical (unpaired) electrons. The van der Waals surface area contributed by atoms with E-state index in [9.17, 15) is 4.79 Å². The van der Waals surface area contributed by atoms with Crippen molar-refractivity contribution in [3.8, 4) is 0 Å². The molecule has 22 heavy (non-hydrogen) atoms. The van der Waals surface area contributed by atoms with Gasteiger partial charge in [0, 0.05) is 10.9 Å². The number of hydrogen-bond acceptors (Lipinski definition) is 4. The maximum absolute atomic E-state index is 12.4. The molecule has 4 aromatic rings. The van der Waals surface area contributed by atoms with Crippen LogP contribution in [0.4, 0.5) is 0 Å². The van der Waals surface area contributed by atoms with Gasteiger partial charge in [0.05, 0.1) is 23.8 Å². The molecule has 0 atom stereocenters. The zero-order chi connectivity index (χ0) is 15.1. The van der Waals surface area contributed by atoms with Gasteiger partial charge in [-0.15, -0.1) is 11.3 Å².